The minimum atomic E-state index is -2.86. The van der Waals surface area contributed by atoms with Crippen LogP contribution in [-0.4, -0.2) is 82.6 Å². The molecular formula is C33H46O8Si. The molecule has 0 aliphatic carbocycles. The number of benzene rings is 2. The van der Waals surface area contributed by atoms with E-state index in [1.807, 2.05) is 12.1 Å². The van der Waals surface area contributed by atoms with Gasteiger partial charge in [-0.2, -0.15) is 0 Å². The van der Waals surface area contributed by atoms with Crippen LogP contribution in [0.1, 0.15) is 59.3 Å². The molecule has 0 aromatic heterocycles. The highest BCUT2D eigenvalue weighted by Crippen LogP contribution is 2.51. The molecule has 4 aliphatic heterocycles. The van der Waals surface area contributed by atoms with E-state index in [0.29, 0.717) is 26.1 Å². The highest BCUT2D eigenvalue weighted by atomic mass is 28.4. The first kappa shape index (κ1) is 30.4. The Morgan fingerprint density at radius 1 is 0.810 bits per heavy atom. The topological polar surface area (TPSA) is 84.8 Å². The van der Waals surface area contributed by atoms with Crippen molar-refractivity contribution in [1.29, 1.82) is 0 Å². The smallest absolute Gasteiger partial charge is 0.261 e. The molecule has 42 heavy (non-hydrogen) atoms. The predicted octanol–water partition coefficient (Wildman–Crippen LogP) is 3.87. The zero-order chi connectivity index (χ0) is 29.4. The molecule has 9 heteroatoms. The molecule has 4 heterocycles. The highest BCUT2D eigenvalue weighted by Gasteiger charge is 2.67. The average molecular weight is 599 g/mol. The number of ether oxygens (including phenoxy) is 6. The van der Waals surface area contributed by atoms with E-state index in [1.54, 1.807) is 0 Å². The first-order chi connectivity index (χ1) is 20.3. The summed E-state index contributed by atoms with van der Waals surface area (Å²) in [6, 6.07) is 21.1. The van der Waals surface area contributed by atoms with Gasteiger partial charge in [0.25, 0.3) is 8.32 Å². The van der Waals surface area contributed by atoms with Gasteiger partial charge in [0, 0.05) is 20.0 Å². The van der Waals surface area contributed by atoms with E-state index in [0.717, 1.165) is 25.7 Å². The molecule has 0 saturated carbocycles. The van der Waals surface area contributed by atoms with Crippen LogP contribution >= 0.6 is 0 Å². The van der Waals surface area contributed by atoms with Crippen LogP contribution < -0.4 is 10.4 Å². The van der Waals surface area contributed by atoms with E-state index in [9.17, 15) is 5.11 Å². The van der Waals surface area contributed by atoms with Crippen molar-refractivity contribution in [3.05, 3.63) is 60.7 Å². The van der Waals surface area contributed by atoms with Crippen LogP contribution in [0, 0.1) is 0 Å². The zero-order valence-corrected chi connectivity index (χ0v) is 26.3. The predicted molar refractivity (Wildman–Crippen MR) is 160 cm³/mol. The summed E-state index contributed by atoms with van der Waals surface area (Å²) in [7, 11) is -1.32. The van der Waals surface area contributed by atoms with E-state index in [-0.39, 0.29) is 11.6 Å². The lowest BCUT2D eigenvalue weighted by molar-refractivity contribution is -0.505. The van der Waals surface area contributed by atoms with Gasteiger partial charge in [-0.05, 0) is 41.1 Å². The fraction of sp³-hybridized carbons (Fsp3) is 0.636. The second kappa shape index (κ2) is 12.0. The average Bonchev–Trinajstić information content (AvgIpc) is 3.01. The number of methoxy groups -OCH3 is 1. The summed E-state index contributed by atoms with van der Waals surface area (Å²) in [5.41, 5.74) is 0. The lowest BCUT2D eigenvalue weighted by Crippen LogP contribution is -2.76. The van der Waals surface area contributed by atoms with Crippen LogP contribution in [0.4, 0.5) is 0 Å². The Bertz CT molecular complexity index is 1120. The molecule has 2 spiro atoms. The molecule has 4 saturated heterocycles. The molecule has 7 atom stereocenters. The molecule has 0 unspecified atom stereocenters. The molecule has 2 aromatic carbocycles. The third-order valence-electron chi connectivity index (χ3n) is 9.43. The molecule has 4 aliphatic rings. The fourth-order valence-electron chi connectivity index (χ4n) is 7.41. The maximum absolute atomic E-state index is 11.4. The Hall–Kier alpha value is -1.66. The van der Waals surface area contributed by atoms with Gasteiger partial charge in [-0.25, -0.2) is 0 Å². The molecule has 0 amide bonds. The Kier molecular flexibility index (Phi) is 8.69. The summed E-state index contributed by atoms with van der Waals surface area (Å²) in [6.45, 7) is 8.11. The quantitative estimate of drug-likeness (QED) is 0.502. The molecule has 4 fully saturated rings. The first-order valence-electron chi connectivity index (χ1n) is 15.5. The normalized spacial score (nSPS) is 35.7. The lowest BCUT2D eigenvalue weighted by atomic mass is 9.86. The number of hydrogen-bond donors (Lipinski definition) is 1. The summed E-state index contributed by atoms with van der Waals surface area (Å²) >= 11 is 0. The maximum atomic E-state index is 11.4. The summed E-state index contributed by atoms with van der Waals surface area (Å²) < 4.78 is 46.0. The van der Waals surface area contributed by atoms with Crippen molar-refractivity contribution in [3.8, 4) is 0 Å². The van der Waals surface area contributed by atoms with Crippen LogP contribution in [0.25, 0.3) is 0 Å². The lowest BCUT2D eigenvalue weighted by Gasteiger charge is -2.61. The zero-order valence-electron chi connectivity index (χ0n) is 25.3. The standard InChI is InChI=1S/C33H46O8Si/c1-31(2,3)42(24-15-7-5-8-16-24,25-17-9-6-10-18-25)38-23-26-28-29(27(34)30(35-4)39-26)41-33(20-12-14-22-37-33)32(40-28)19-11-13-21-36-32/h5-10,15-18,26-30,34H,11-14,19-23H2,1-4H3/t26-,27-,28-,29-,30+,32+,33+/m1/s1. The van der Waals surface area contributed by atoms with E-state index < -0.39 is 50.6 Å². The summed E-state index contributed by atoms with van der Waals surface area (Å²) in [6.07, 6.45) is 1.19. The molecular weight excluding hydrogens is 552 g/mol. The number of hydrogen-bond acceptors (Lipinski definition) is 8. The second-order valence-corrected chi connectivity index (χ2v) is 17.3. The van der Waals surface area contributed by atoms with Crippen LogP contribution in [0.3, 0.4) is 0 Å². The van der Waals surface area contributed by atoms with E-state index in [2.05, 4.69) is 69.3 Å². The van der Waals surface area contributed by atoms with Gasteiger partial charge in [0.15, 0.2) is 6.29 Å². The van der Waals surface area contributed by atoms with Crippen molar-refractivity contribution >= 4 is 18.7 Å². The molecule has 230 valence electrons. The van der Waals surface area contributed by atoms with E-state index in [4.69, 9.17) is 32.8 Å². The number of aliphatic hydroxyl groups excluding tert-OH is 1. The minimum absolute atomic E-state index is 0.207. The minimum Gasteiger partial charge on any atom is -0.405 e. The van der Waals surface area contributed by atoms with Gasteiger partial charge in [0.05, 0.1) is 19.8 Å². The number of aliphatic hydroxyl groups is 1. The molecule has 0 radical (unpaired) electrons. The van der Waals surface area contributed by atoms with Crippen molar-refractivity contribution in [2.24, 2.45) is 0 Å². The van der Waals surface area contributed by atoms with Gasteiger partial charge < -0.3 is 38.0 Å². The Morgan fingerprint density at radius 3 is 1.79 bits per heavy atom. The van der Waals surface area contributed by atoms with Crippen LogP contribution in [0.15, 0.2) is 60.7 Å². The van der Waals surface area contributed by atoms with E-state index >= 15 is 0 Å². The molecule has 1 N–H and O–H groups in total. The second-order valence-electron chi connectivity index (χ2n) is 13.0. The van der Waals surface area contributed by atoms with Crippen molar-refractivity contribution < 1.29 is 38.0 Å². The summed E-state index contributed by atoms with van der Waals surface area (Å²) in [5, 5.41) is 13.6. The van der Waals surface area contributed by atoms with Crippen molar-refractivity contribution in [2.75, 3.05) is 26.9 Å². The first-order valence-corrected chi connectivity index (χ1v) is 17.4. The van der Waals surface area contributed by atoms with Gasteiger partial charge in [-0.15, -0.1) is 0 Å². The Balaban J connectivity index is 1.37. The van der Waals surface area contributed by atoms with Crippen molar-refractivity contribution in [1.82, 2.24) is 0 Å². The maximum Gasteiger partial charge on any atom is 0.261 e. The largest absolute Gasteiger partial charge is 0.405 e. The van der Waals surface area contributed by atoms with Gasteiger partial charge in [0.2, 0.25) is 11.6 Å². The summed E-state index contributed by atoms with van der Waals surface area (Å²) in [5.74, 6) is -2.14. The Labute approximate surface area is 250 Å². The molecule has 2 aromatic rings. The molecule has 8 nitrogen and oxygen atoms in total. The van der Waals surface area contributed by atoms with Gasteiger partial charge in [0.1, 0.15) is 24.4 Å². The van der Waals surface area contributed by atoms with Gasteiger partial charge in [-0.3, -0.25) is 0 Å². The third kappa shape index (κ3) is 5.10. The van der Waals surface area contributed by atoms with Gasteiger partial charge >= 0.3 is 0 Å². The number of rotatable bonds is 6. The van der Waals surface area contributed by atoms with Crippen molar-refractivity contribution in [2.45, 2.75) is 107 Å². The van der Waals surface area contributed by atoms with Gasteiger partial charge in [-0.1, -0.05) is 81.4 Å². The number of fused-ring (bicyclic) bond motifs is 2. The third-order valence-corrected chi connectivity index (χ3v) is 14.4. The fourth-order valence-corrected chi connectivity index (χ4v) is 12.0. The highest BCUT2D eigenvalue weighted by molar-refractivity contribution is 6.99. The summed E-state index contributed by atoms with van der Waals surface area (Å²) in [4.78, 5) is 0. The van der Waals surface area contributed by atoms with Crippen molar-refractivity contribution in [3.63, 3.8) is 0 Å². The molecule has 0 bridgehead atoms. The van der Waals surface area contributed by atoms with Crippen LogP contribution in [0.2, 0.25) is 5.04 Å². The monoisotopic (exact) mass is 598 g/mol. The Morgan fingerprint density at radius 2 is 1.33 bits per heavy atom. The SMILES string of the molecule is CO[C@H]1O[C@H](CO[Si](c2ccccc2)(c2ccccc2)C(C)(C)C)[C@H]2O[C@@]3(CCCCO3)[C@]3(CCCCO3)O[C@@H]2[C@H]1O. The molecule has 6 rings (SSSR count). The van der Waals surface area contributed by atoms with Crippen LogP contribution in [-0.2, 0) is 32.8 Å². The van der Waals surface area contributed by atoms with E-state index in [1.165, 1.54) is 17.5 Å². The van der Waals surface area contributed by atoms with Crippen LogP contribution in [0.5, 0.6) is 0 Å².